The maximum absolute atomic E-state index is 13.0. The number of piperidine rings is 1. The lowest BCUT2D eigenvalue weighted by molar-refractivity contribution is -0.154. The minimum atomic E-state index is -5.74. The molecule has 1 N–H and O–H groups in total. The second-order valence-electron chi connectivity index (χ2n) is 8.78. The second-order valence-corrected chi connectivity index (χ2v) is 10.5. The van der Waals surface area contributed by atoms with E-state index in [4.69, 9.17) is 4.74 Å². The molecule has 1 saturated heterocycles. The maximum atomic E-state index is 13.0. The Morgan fingerprint density at radius 1 is 1.22 bits per heavy atom. The minimum Gasteiger partial charge on any atom is -0.467 e. The van der Waals surface area contributed by atoms with Gasteiger partial charge in [0.25, 0.3) is 0 Å². The molecule has 2 fully saturated rings. The summed E-state index contributed by atoms with van der Waals surface area (Å²) in [6.45, 7) is 8.38. The first-order valence-corrected chi connectivity index (χ1v) is 9.92. The van der Waals surface area contributed by atoms with Crippen molar-refractivity contribution in [3.8, 4) is 0 Å². The monoisotopic (exact) mass is 414 g/mol. The topological polar surface area (TPSA) is 92.8 Å². The van der Waals surface area contributed by atoms with Crippen LogP contribution in [0.25, 0.3) is 0 Å². The number of nitrogens with one attached hydrogen (secondary N) is 1. The first kappa shape index (κ1) is 21.9. The van der Waals surface area contributed by atoms with E-state index >= 15 is 0 Å². The summed E-state index contributed by atoms with van der Waals surface area (Å²) in [7, 11) is -4.57. The number of carbonyl (C=O) groups is 2. The van der Waals surface area contributed by atoms with Crippen molar-refractivity contribution in [2.75, 3.05) is 13.7 Å². The average molecular weight is 414 g/mol. The fraction of sp³-hybridized carbons (Fsp3) is 0.875. The summed E-state index contributed by atoms with van der Waals surface area (Å²) in [5, 5.41) is 0. The van der Waals surface area contributed by atoms with Gasteiger partial charge >= 0.3 is 21.5 Å². The number of amides is 1. The summed E-state index contributed by atoms with van der Waals surface area (Å²) >= 11 is 0. The molecular formula is C16H25F3N2O5S. The number of hydrogen-bond acceptors (Lipinski definition) is 5. The summed E-state index contributed by atoms with van der Waals surface area (Å²) in [5.74, 6) is -1.69. The Hall–Kier alpha value is -1.36. The summed E-state index contributed by atoms with van der Waals surface area (Å²) in [5.41, 5.74) is -6.90. The van der Waals surface area contributed by atoms with E-state index in [1.54, 1.807) is 0 Å². The van der Waals surface area contributed by atoms with E-state index in [1.165, 1.54) is 32.6 Å². The van der Waals surface area contributed by atoms with Gasteiger partial charge in [-0.15, -0.1) is 0 Å². The third-order valence-electron chi connectivity index (χ3n) is 5.62. The smallest absolute Gasteiger partial charge is 0.467 e. The highest BCUT2D eigenvalue weighted by molar-refractivity contribution is 7.90. The van der Waals surface area contributed by atoms with E-state index < -0.39 is 44.9 Å². The molecule has 27 heavy (non-hydrogen) atoms. The van der Waals surface area contributed by atoms with Crippen molar-refractivity contribution in [2.24, 2.45) is 22.7 Å². The lowest BCUT2D eigenvalue weighted by Gasteiger charge is -2.37. The largest absolute Gasteiger partial charge is 0.511 e. The number of alkyl halides is 3. The first-order chi connectivity index (χ1) is 12.0. The van der Waals surface area contributed by atoms with Gasteiger partial charge in [-0.1, -0.05) is 34.6 Å². The van der Waals surface area contributed by atoms with Gasteiger partial charge in [-0.05, 0) is 16.7 Å². The number of halogens is 3. The fourth-order valence-corrected chi connectivity index (χ4v) is 4.79. The van der Waals surface area contributed by atoms with Crippen LogP contribution in [0.15, 0.2) is 0 Å². The summed E-state index contributed by atoms with van der Waals surface area (Å²) in [6, 6.07) is -2.63. The molecule has 1 amide bonds. The molecule has 7 nitrogen and oxygen atoms in total. The molecule has 0 unspecified atom stereocenters. The SMILES string of the molecule is COC(=O)[C@@H]1[C@@H]2[C@H](CN1C(=O)[C@@H](NS(=O)(=O)C(F)(F)F)C(C)(C)C)C2(C)C. The molecule has 0 aromatic heterocycles. The highest BCUT2D eigenvalue weighted by atomic mass is 32.2. The Balaban J connectivity index is 2.35. The molecule has 1 saturated carbocycles. The van der Waals surface area contributed by atoms with Gasteiger partial charge < -0.3 is 9.64 Å². The van der Waals surface area contributed by atoms with Gasteiger partial charge in [-0.3, -0.25) is 4.79 Å². The highest BCUT2D eigenvalue weighted by Gasteiger charge is 2.70. The van der Waals surface area contributed by atoms with Crippen molar-refractivity contribution < 1.29 is 35.9 Å². The van der Waals surface area contributed by atoms with E-state index in [2.05, 4.69) is 0 Å². The molecule has 1 heterocycles. The van der Waals surface area contributed by atoms with Crippen molar-refractivity contribution in [1.82, 2.24) is 9.62 Å². The quantitative estimate of drug-likeness (QED) is 0.704. The molecule has 1 aliphatic heterocycles. The van der Waals surface area contributed by atoms with E-state index in [0.29, 0.717) is 0 Å². The molecule has 11 heteroatoms. The predicted octanol–water partition coefficient (Wildman–Crippen LogP) is 1.50. The number of ether oxygens (including phenoxy) is 1. The third kappa shape index (κ3) is 3.67. The number of sulfonamides is 1. The standard InChI is InChI=1S/C16H25F3N2O5S/c1-14(2,3)11(20-27(24,25)16(17,18)19)12(22)21-7-8-9(15(8,4)5)10(21)13(23)26-6/h8-11,20H,7H2,1-6H3/t8-,9-,10-,11+/m0/s1. The van der Waals surface area contributed by atoms with Gasteiger partial charge in [0.15, 0.2) is 0 Å². The number of esters is 1. The van der Waals surface area contributed by atoms with Crippen LogP contribution in [0, 0.1) is 22.7 Å². The van der Waals surface area contributed by atoms with E-state index in [-0.39, 0.29) is 23.8 Å². The molecule has 1 aliphatic carbocycles. The number of rotatable bonds is 4. The van der Waals surface area contributed by atoms with Crippen LogP contribution >= 0.6 is 0 Å². The van der Waals surface area contributed by atoms with Crippen LogP contribution < -0.4 is 4.72 Å². The molecule has 156 valence electrons. The van der Waals surface area contributed by atoms with Gasteiger partial charge in [-0.25, -0.2) is 13.2 Å². The zero-order valence-electron chi connectivity index (χ0n) is 16.0. The predicted molar refractivity (Wildman–Crippen MR) is 89.6 cm³/mol. The molecule has 0 aromatic rings. The number of nitrogens with zero attached hydrogens (tertiary/aromatic N) is 1. The lowest BCUT2D eigenvalue weighted by Crippen LogP contribution is -2.59. The Kier molecular flexibility index (Phi) is 5.14. The van der Waals surface area contributed by atoms with Crippen molar-refractivity contribution in [1.29, 1.82) is 0 Å². The normalized spacial score (nSPS) is 28.5. The number of fused-ring (bicyclic) bond motifs is 1. The second kappa shape index (κ2) is 6.33. The first-order valence-electron chi connectivity index (χ1n) is 8.43. The summed E-state index contributed by atoms with van der Waals surface area (Å²) in [6.07, 6.45) is 0. The molecule has 0 radical (unpaired) electrons. The Morgan fingerprint density at radius 3 is 2.15 bits per heavy atom. The van der Waals surface area contributed by atoms with Gasteiger partial charge in [0.2, 0.25) is 5.91 Å². The molecule has 2 aliphatic rings. The fourth-order valence-electron chi connectivity index (χ4n) is 3.89. The van der Waals surface area contributed by atoms with Crippen molar-refractivity contribution in [3.05, 3.63) is 0 Å². The van der Waals surface area contributed by atoms with E-state index in [9.17, 15) is 31.2 Å². The zero-order valence-corrected chi connectivity index (χ0v) is 16.9. The van der Waals surface area contributed by atoms with Crippen LogP contribution in [0.3, 0.4) is 0 Å². The Morgan fingerprint density at radius 2 is 1.74 bits per heavy atom. The van der Waals surface area contributed by atoms with Crippen molar-refractivity contribution in [3.63, 3.8) is 0 Å². The van der Waals surface area contributed by atoms with Crippen LogP contribution in [0.5, 0.6) is 0 Å². The zero-order chi connectivity index (χ0) is 21.2. The molecular weight excluding hydrogens is 389 g/mol. The van der Waals surface area contributed by atoms with Gasteiger partial charge in [0, 0.05) is 12.5 Å². The summed E-state index contributed by atoms with van der Waals surface area (Å²) in [4.78, 5) is 26.4. The molecule has 2 rings (SSSR count). The average Bonchev–Trinajstić information content (AvgIpc) is 2.84. The van der Waals surface area contributed by atoms with Gasteiger partial charge in [-0.2, -0.15) is 17.9 Å². The minimum absolute atomic E-state index is 0.00499. The van der Waals surface area contributed by atoms with Crippen molar-refractivity contribution in [2.45, 2.75) is 52.2 Å². The Labute approximate surface area is 156 Å². The number of methoxy groups -OCH3 is 1. The van der Waals surface area contributed by atoms with Crippen LogP contribution in [0.1, 0.15) is 34.6 Å². The Bertz CT molecular complexity index is 742. The molecule has 4 atom stereocenters. The number of hydrogen-bond donors (Lipinski definition) is 1. The lowest BCUT2D eigenvalue weighted by atomic mass is 9.86. The molecule has 0 spiro atoms. The van der Waals surface area contributed by atoms with Gasteiger partial charge in [0.1, 0.15) is 12.1 Å². The van der Waals surface area contributed by atoms with Crippen molar-refractivity contribution >= 4 is 21.9 Å². The number of carbonyl (C=O) groups excluding carboxylic acids is 2. The van der Waals surface area contributed by atoms with E-state index in [0.717, 1.165) is 4.90 Å². The van der Waals surface area contributed by atoms with Gasteiger partial charge in [0.05, 0.1) is 7.11 Å². The maximum Gasteiger partial charge on any atom is 0.511 e. The van der Waals surface area contributed by atoms with E-state index in [1.807, 2.05) is 13.8 Å². The molecule has 0 bridgehead atoms. The summed E-state index contributed by atoms with van der Waals surface area (Å²) < 4.78 is 67.8. The third-order valence-corrected chi connectivity index (χ3v) is 6.78. The van der Waals surface area contributed by atoms with Crippen LogP contribution in [0.4, 0.5) is 13.2 Å². The number of likely N-dealkylation sites (tertiary alicyclic amines) is 1. The van der Waals surface area contributed by atoms with Crippen LogP contribution in [-0.2, 0) is 24.3 Å². The highest BCUT2D eigenvalue weighted by Crippen LogP contribution is 2.65. The molecule has 0 aromatic carbocycles. The van der Waals surface area contributed by atoms with Crippen LogP contribution in [0.2, 0.25) is 0 Å². The van der Waals surface area contributed by atoms with Crippen LogP contribution in [-0.4, -0.2) is 56.4 Å².